The monoisotopic (exact) mass is 448 g/mol. The van der Waals surface area contributed by atoms with Gasteiger partial charge in [-0.2, -0.15) is 0 Å². The summed E-state index contributed by atoms with van der Waals surface area (Å²) in [6, 6.07) is 6.27. The summed E-state index contributed by atoms with van der Waals surface area (Å²) in [6.45, 7) is 2.66. The van der Waals surface area contributed by atoms with Crippen LogP contribution < -0.4 is 5.32 Å². The molecule has 1 aliphatic heterocycles. The highest BCUT2D eigenvalue weighted by Crippen LogP contribution is 2.27. The van der Waals surface area contributed by atoms with E-state index in [0.717, 1.165) is 11.0 Å². The Morgan fingerprint density at radius 3 is 2.12 bits per heavy atom. The number of imide groups is 1. The molecule has 3 rings (SSSR count). The van der Waals surface area contributed by atoms with Crippen molar-refractivity contribution in [1.29, 1.82) is 0 Å². The van der Waals surface area contributed by atoms with Crippen LogP contribution in [0.25, 0.3) is 0 Å². The van der Waals surface area contributed by atoms with Gasteiger partial charge in [0.15, 0.2) is 24.1 Å². The number of anilines is 1. The number of hydrogen-bond donors (Lipinski definition) is 1. The highest BCUT2D eigenvalue weighted by molar-refractivity contribution is 6.22. The summed E-state index contributed by atoms with van der Waals surface area (Å²) in [7, 11) is 0. The SMILES string of the molecule is CC(C)C[C@@H](C(=O)OCC(=O)Nc1ccc(F)c(F)c1F)N1C(=O)c2ccccc2C1=O. The van der Waals surface area contributed by atoms with Crippen molar-refractivity contribution >= 4 is 29.4 Å². The quantitative estimate of drug-likeness (QED) is 0.399. The van der Waals surface area contributed by atoms with E-state index in [9.17, 15) is 32.3 Å². The van der Waals surface area contributed by atoms with Crippen molar-refractivity contribution in [2.75, 3.05) is 11.9 Å². The number of nitrogens with one attached hydrogen (secondary N) is 1. The molecule has 10 heteroatoms. The average molecular weight is 448 g/mol. The molecule has 1 atom stereocenters. The first-order valence-corrected chi connectivity index (χ1v) is 9.68. The zero-order valence-corrected chi connectivity index (χ0v) is 17.2. The predicted molar refractivity (Wildman–Crippen MR) is 106 cm³/mol. The Hall–Kier alpha value is -3.69. The molecule has 0 unspecified atom stereocenters. The molecule has 0 saturated carbocycles. The van der Waals surface area contributed by atoms with Gasteiger partial charge in [-0.25, -0.2) is 18.0 Å². The van der Waals surface area contributed by atoms with E-state index in [-0.39, 0.29) is 23.5 Å². The summed E-state index contributed by atoms with van der Waals surface area (Å²) < 4.78 is 44.9. The Morgan fingerprint density at radius 1 is 0.969 bits per heavy atom. The molecule has 0 saturated heterocycles. The van der Waals surface area contributed by atoms with E-state index >= 15 is 0 Å². The van der Waals surface area contributed by atoms with E-state index < -0.39 is 59.5 Å². The van der Waals surface area contributed by atoms with Crippen molar-refractivity contribution in [3.63, 3.8) is 0 Å². The summed E-state index contributed by atoms with van der Waals surface area (Å²) in [5.74, 6) is -8.23. The second-order valence-electron chi connectivity index (χ2n) is 7.55. The molecule has 7 nitrogen and oxygen atoms in total. The zero-order valence-electron chi connectivity index (χ0n) is 17.2. The van der Waals surface area contributed by atoms with Crippen LogP contribution >= 0.6 is 0 Å². The first kappa shape index (κ1) is 23.0. The molecule has 32 heavy (non-hydrogen) atoms. The van der Waals surface area contributed by atoms with Gasteiger partial charge in [0.25, 0.3) is 17.7 Å². The Balaban J connectivity index is 1.71. The molecule has 0 spiro atoms. The maximum Gasteiger partial charge on any atom is 0.329 e. The van der Waals surface area contributed by atoms with Gasteiger partial charge >= 0.3 is 5.97 Å². The first-order valence-electron chi connectivity index (χ1n) is 9.68. The van der Waals surface area contributed by atoms with E-state index in [1.54, 1.807) is 26.0 Å². The van der Waals surface area contributed by atoms with Crippen molar-refractivity contribution in [3.8, 4) is 0 Å². The fourth-order valence-corrected chi connectivity index (χ4v) is 3.29. The average Bonchev–Trinajstić information content (AvgIpc) is 3.01. The maximum atomic E-state index is 13.7. The number of carbonyl (C=O) groups excluding carboxylic acids is 4. The van der Waals surface area contributed by atoms with Crippen LogP contribution in [0.2, 0.25) is 0 Å². The Morgan fingerprint density at radius 2 is 1.56 bits per heavy atom. The molecular weight excluding hydrogens is 429 g/mol. The topological polar surface area (TPSA) is 92.8 Å². The van der Waals surface area contributed by atoms with E-state index in [0.29, 0.717) is 6.07 Å². The van der Waals surface area contributed by atoms with Crippen LogP contribution in [0.5, 0.6) is 0 Å². The minimum Gasteiger partial charge on any atom is -0.454 e. The van der Waals surface area contributed by atoms with E-state index in [4.69, 9.17) is 4.74 Å². The maximum absolute atomic E-state index is 13.7. The number of halogens is 3. The van der Waals surface area contributed by atoms with E-state index in [1.165, 1.54) is 12.1 Å². The molecule has 0 aliphatic carbocycles. The molecule has 3 amide bonds. The number of nitrogens with zero attached hydrogens (tertiary/aromatic N) is 1. The van der Waals surface area contributed by atoms with Crippen molar-refractivity contribution in [1.82, 2.24) is 4.90 Å². The third-order valence-corrected chi connectivity index (χ3v) is 4.76. The first-order chi connectivity index (χ1) is 15.1. The summed E-state index contributed by atoms with van der Waals surface area (Å²) in [5.41, 5.74) is -0.319. The van der Waals surface area contributed by atoms with E-state index in [2.05, 4.69) is 0 Å². The normalized spacial score (nSPS) is 13.9. The smallest absolute Gasteiger partial charge is 0.329 e. The highest BCUT2D eigenvalue weighted by atomic mass is 19.2. The van der Waals surface area contributed by atoms with Crippen LogP contribution in [0.3, 0.4) is 0 Å². The number of benzene rings is 2. The molecule has 1 aliphatic rings. The van der Waals surface area contributed by atoms with Gasteiger partial charge in [-0.1, -0.05) is 26.0 Å². The third kappa shape index (κ3) is 4.48. The highest BCUT2D eigenvalue weighted by Gasteiger charge is 2.43. The van der Waals surface area contributed by atoms with E-state index in [1.807, 2.05) is 5.32 Å². The van der Waals surface area contributed by atoms with Crippen LogP contribution in [0.4, 0.5) is 18.9 Å². The van der Waals surface area contributed by atoms with Crippen LogP contribution in [0, 0.1) is 23.4 Å². The molecule has 0 fully saturated rings. The predicted octanol–water partition coefficient (Wildman–Crippen LogP) is 3.30. The summed E-state index contributed by atoms with van der Waals surface area (Å²) in [6.07, 6.45) is 0.0870. The van der Waals surface area contributed by atoms with Crippen molar-refractivity contribution in [2.24, 2.45) is 5.92 Å². The van der Waals surface area contributed by atoms with Crippen LogP contribution in [-0.4, -0.2) is 41.2 Å². The molecule has 1 N–H and O–H groups in total. The Labute approximate surface area is 181 Å². The number of ether oxygens (including phenoxy) is 1. The lowest BCUT2D eigenvalue weighted by molar-refractivity contribution is -0.151. The van der Waals surface area contributed by atoms with Crippen LogP contribution in [-0.2, 0) is 14.3 Å². The van der Waals surface area contributed by atoms with Gasteiger partial charge in [-0.15, -0.1) is 0 Å². The number of rotatable bonds is 7. The largest absolute Gasteiger partial charge is 0.454 e. The number of hydrogen-bond acceptors (Lipinski definition) is 5. The summed E-state index contributed by atoms with van der Waals surface area (Å²) in [4.78, 5) is 51.0. The summed E-state index contributed by atoms with van der Waals surface area (Å²) >= 11 is 0. The van der Waals surface area contributed by atoms with Gasteiger partial charge in [0.05, 0.1) is 16.8 Å². The zero-order chi connectivity index (χ0) is 23.6. The molecule has 0 radical (unpaired) electrons. The second-order valence-corrected chi connectivity index (χ2v) is 7.55. The van der Waals surface area contributed by atoms with Gasteiger partial charge in [-0.3, -0.25) is 19.3 Å². The van der Waals surface area contributed by atoms with Crippen LogP contribution in [0.15, 0.2) is 36.4 Å². The third-order valence-electron chi connectivity index (χ3n) is 4.76. The molecule has 2 aromatic rings. The number of esters is 1. The fourth-order valence-electron chi connectivity index (χ4n) is 3.29. The summed E-state index contributed by atoms with van der Waals surface area (Å²) in [5, 5.41) is 1.97. The van der Waals surface area contributed by atoms with Gasteiger partial charge in [-0.05, 0) is 36.6 Å². The van der Waals surface area contributed by atoms with Gasteiger partial charge < -0.3 is 10.1 Å². The molecule has 2 aromatic carbocycles. The lowest BCUT2D eigenvalue weighted by Gasteiger charge is -2.25. The molecule has 168 valence electrons. The van der Waals surface area contributed by atoms with Crippen LogP contribution in [0.1, 0.15) is 41.0 Å². The second kappa shape index (κ2) is 9.21. The lowest BCUT2D eigenvalue weighted by atomic mass is 10.0. The van der Waals surface area contributed by atoms with Crippen molar-refractivity contribution < 1.29 is 37.1 Å². The minimum atomic E-state index is -1.76. The molecule has 1 heterocycles. The standard InChI is InChI=1S/C22H19F3N2O5/c1-11(2)9-16(27-20(29)12-5-3-4-6-13(12)21(27)30)22(31)32-10-17(28)26-15-8-7-14(23)18(24)19(15)25/h3-8,11,16H,9-10H2,1-2H3,(H,26,28)/t16-/m0/s1. The van der Waals surface area contributed by atoms with Gasteiger partial charge in [0.1, 0.15) is 6.04 Å². The number of amides is 3. The van der Waals surface area contributed by atoms with Crippen molar-refractivity contribution in [2.45, 2.75) is 26.3 Å². The molecular formula is C22H19F3N2O5. The fraction of sp³-hybridized carbons (Fsp3) is 0.273. The number of carbonyl (C=O) groups is 4. The van der Waals surface area contributed by atoms with Crippen molar-refractivity contribution in [3.05, 3.63) is 65.0 Å². The van der Waals surface area contributed by atoms with Gasteiger partial charge in [0.2, 0.25) is 0 Å². The lowest BCUT2D eigenvalue weighted by Crippen LogP contribution is -2.46. The molecule has 0 aromatic heterocycles. The minimum absolute atomic E-state index is 0.0870. The number of fused-ring (bicyclic) bond motifs is 1. The van der Waals surface area contributed by atoms with Gasteiger partial charge in [0, 0.05) is 0 Å². The Kier molecular flexibility index (Phi) is 6.61. The molecule has 0 bridgehead atoms. The Bertz CT molecular complexity index is 1070.